The minimum atomic E-state index is -0.990. The molecule has 0 radical (unpaired) electrons. The molecule has 3 rings (SSSR count). The number of piperidine rings is 1. The largest absolute Gasteiger partial charge is 0.494 e. The second-order valence-electron chi connectivity index (χ2n) is 8.63. The number of hydrogen-bond donors (Lipinski definition) is 2. The Morgan fingerprint density at radius 2 is 2.12 bits per heavy atom. The number of nitrogens with zero attached hydrogens (tertiary/aromatic N) is 6. The molecule has 2 heterocycles. The van der Waals surface area contributed by atoms with Crippen molar-refractivity contribution in [3.63, 3.8) is 0 Å². The molecule has 1 saturated heterocycles. The van der Waals surface area contributed by atoms with Crippen LogP contribution in [0.1, 0.15) is 44.0 Å². The number of aliphatic imine (C=N–C) groups is 1. The first-order valence-electron chi connectivity index (χ1n) is 11.9. The van der Waals surface area contributed by atoms with Gasteiger partial charge in [0.15, 0.2) is 5.84 Å². The maximum Gasteiger partial charge on any atom is 0.266 e. The van der Waals surface area contributed by atoms with Crippen LogP contribution in [-0.4, -0.2) is 69.3 Å². The van der Waals surface area contributed by atoms with E-state index in [-0.39, 0.29) is 5.84 Å². The van der Waals surface area contributed by atoms with E-state index < -0.39 is 11.0 Å². The molecule has 2 aromatic rings. The van der Waals surface area contributed by atoms with Gasteiger partial charge in [-0.05, 0) is 50.0 Å². The number of nitro groups is 1. The van der Waals surface area contributed by atoms with Gasteiger partial charge in [-0.3, -0.25) is 20.0 Å². The van der Waals surface area contributed by atoms with Gasteiger partial charge in [0.05, 0.1) is 6.61 Å². The lowest BCUT2D eigenvalue weighted by Gasteiger charge is -2.26. The lowest BCUT2D eigenvalue weighted by atomic mass is 10.1. The van der Waals surface area contributed by atoms with Crippen LogP contribution in [0.5, 0.6) is 5.75 Å². The first-order valence-corrected chi connectivity index (χ1v) is 11.9. The Balaban J connectivity index is 1.37. The number of anilines is 1. The van der Waals surface area contributed by atoms with Gasteiger partial charge in [0, 0.05) is 44.9 Å². The fourth-order valence-electron chi connectivity index (χ4n) is 3.83. The number of likely N-dealkylation sites (tertiary alicyclic amines) is 1. The van der Waals surface area contributed by atoms with Crippen molar-refractivity contribution in [3.8, 4) is 5.75 Å². The molecule has 11 nitrogen and oxygen atoms in total. The van der Waals surface area contributed by atoms with Crippen molar-refractivity contribution >= 4 is 11.8 Å². The number of hydrogen-bond acceptors (Lipinski definition) is 8. The van der Waals surface area contributed by atoms with Gasteiger partial charge in [0.2, 0.25) is 5.95 Å². The number of ether oxygens (including phenoxy) is 1. The highest BCUT2D eigenvalue weighted by atomic mass is 16.6. The number of benzene rings is 1. The highest BCUT2D eigenvalue weighted by Gasteiger charge is 2.17. The molecule has 0 bridgehead atoms. The highest BCUT2D eigenvalue weighted by Crippen LogP contribution is 2.18. The standard InChI is InChI=1S/C23H36N8O3/c1-18(31(32)33)22(24)25-12-10-21-27-28-23(29(21)2)26-11-7-15-34-20-9-6-8-19(16-20)17-30-13-4-3-5-14-30/h6,8-9,16,18H,3-5,7,10-15,17H2,1-2H3,(H2,24,25)(H,26,28). The average molecular weight is 473 g/mol. The third-order valence-electron chi connectivity index (χ3n) is 5.97. The van der Waals surface area contributed by atoms with E-state index >= 15 is 0 Å². The zero-order valence-electron chi connectivity index (χ0n) is 20.2. The van der Waals surface area contributed by atoms with Crippen LogP contribution in [0.2, 0.25) is 0 Å². The average Bonchev–Trinajstić information content (AvgIpc) is 3.18. The molecule has 1 atom stereocenters. The van der Waals surface area contributed by atoms with Crippen LogP contribution >= 0.6 is 0 Å². The van der Waals surface area contributed by atoms with Gasteiger partial charge >= 0.3 is 0 Å². The Morgan fingerprint density at radius 3 is 2.88 bits per heavy atom. The van der Waals surface area contributed by atoms with Crippen molar-refractivity contribution in [1.82, 2.24) is 19.7 Å². The van der Waals surface area contributed by atoms with Gasteiger partial charge in [-0.1, -0.05) is 18.6 Å². The lowest BCUT2D eigenvalue weighted by molar-refractivity contribution is -0.498. The number of nitrogens with one attached hydrogen (secondary N) is 1. The summed E-state index contributed by atoms with van der Waals surface area (Å²) in [6, 6.07) is 7.37. The van der Waals surface area contributed by atoms with E-state index in [0.29, 0.717) is 32.1 Å². The summed E-state index contributed by atoms with van der Waals surface area (Å²) in [5.41, 5.74) is 6.95. The summed E-state index contributed by atoms with van der Waals surface area (Å²) < 4.78 is 7.80. The van der Waals surface area contributed by atoms with E-state index in [1.54, 1.807) is 0 Å². The molecule has 0 aliphatic carbocycles. The zero-order chi connectivity index (χ0) is 24.3. The lowest BCUT2D eigenvalue weighted by Crippen LogP contribution is -2.33. The van der Waals surface area contributed by atoms with Gasteiger partial charge in [-0.2, -0.15) is 0 Å². The van der Waals surface area contributed by atoms with E-state index in [4.69, 9.17) is 10.5 Å². The fourth-order valence-corrected chi connectivity index (χ4v) is 3.83. The first-order chi connectivity index (χ1) is 16.4. The second-order valence-corrected chi connectivity index (χ2v) is 8.63. The molecule has 1 aromatic heterocycles. The van der Waals surface area contributed by atoms with Crippen molar-refractivity contribution in [1.29, 1.82) is 0 Å². The number of aromatic nitrogens is 3. The van der Waals surface area contributed by atoms with Crippen LogP contribution in [0.15, 0.2) is 29.3 Å². The van der Waals surface area contributed by atoms with Gasteiger partial charge in [0.25, 0.3) is 6.04 Å². The molecule has 1 fully saturated rings. The molecular formula is C23H36N8O3. The van der Waals surface area contributed by atoms with Crippen molar-refractivity contribution in [3.05, 3.63) is 45.8 Å². The molecule has 34 heavy (non-hydrogen) atoms. The molecule has 1 aromatic carbocycles. The second kappa shape index (κ2) is 12.9. The molecule has 0 amide bonds. The van der Waals surface area contributed by atoms with E-state index in [9.17, 15) is 10.1 Å². The molecule has 186 valence electrons. The van der Waals surface area contributed by atoms with Crippen molar-refractivity contribution in [2.75, 3.05) is 38.1 Å². The Bertz CT molecular complexity index is 955. The third kappa shape index (κ3) is 7.68. The minimum absolute atomic E-state index is 0.0162. The summed E-state index contributed by atoms with van der Waals surface area (Å²) in [5, 5.41) is 22.4. The zero-order valence-corrected chi connectivity index (χ0v) is 20.2. The number of nitrogens with two attached hydrogens (primary N) is 1. The molecule has 11 heteroatoms. The van der Waals surface area contributed by atoms with Crippen LogP contribution in [-0.2, 0) is 20.0 Å². The number of rotatable bonds is 13. The Hall–Kier alpha value is -3.21. The molecule has 1 aliphatic rings. The van der Waals surface area contributed by atoms with E-state index in [1.807, 2.05) is 17.7 Å². The van der Waals surface area contributed by atoms with Crippen LogP contribution in [0, 0.1) is 10.1 Å². The summed E-state index contributed by atoms with van der Waals surface area (Å²) in [5.74, 6) is 2.31. The number of amidine groups is 1. The van der Waals surface area contributed by atoms with Crippen molar-refractivity contribution < 1.29 is 9.66 Å². The van der Waals surface area contributed by atoms with Gasteiger partial charge in [-0.25, -0.2) is 0 Å². The summed E-state index contributed by atoms with van der Waals surface area (Å²) in [6.45, 7) is 6.39. The molecule has 1 aliphatic heterocycles. The summed E-state index contributed by atoms with van der Waals surface area (Å²) in [6.07, 6.45) is 5.24. The van der Waals surface area contributed by atoms with E-state index in [2.05, 4.69) is 43.6 Å². The summed E-state index contributed by atoms with van der Waals surface area (Å²) >= 11 is 0. The Kier molecular flexibility index (Phi) is 9.62. The topological polar surface area (TPSA) is 137 Å². The normalized spacial score (nSPS) is 15.8. The summed E-state index contributed by atoms with van der Waals surface area (Å²) in [7, 11) is 1.87. The van der Waals surface area contributed by atoms with Gasteiger partial charge in [-0.15, -0.1) is 10.2 Å². The van der Waals surface area contributed by atoms with Crippen LogP contribution in [0.3, 0.4) is 0 Å². The Morgan fingerprint density at radius 1 is 1.32 bits per heavy atom. The summed E-state index contributed by atoms with van der Waals surface area (Å²) in [4.78, 5) is 16.9. The third-order valence-corrected chi connectivity index (χ3v) is 5.97. The maximum atomic E-state index is 10.7. The molecule has 0 spiro atoms. The van der Waals surface area contributed by atoms with Crippen LogP contribution in [0.25, 0.3) is 0 Å². The molecular weight excluding hydrogens is 436 g/mol. The maximum absolute atomic E-state index is 10.7. The van der Waals surface area contributed by atoms with Crippen molar-refractivity contribution in [2.45, 2.75) is 51.6 Å². The Labute approximate surface area is 200 Å². The predicted octanol–water partition coefficient (Wildman–Crippen LogP) is 2.25. The van der Waals surface area contributed by atoms with Gasteiger partial charge < -0.3 is 20.4 Å². The van der Waals surface area contributed by atoms with Crippen LogP contribution < -0.4 is 15.8 Å². The minimum Gasteiger partial charge on any atom is -0.494 e. The molecule has 3 N–H and O–H groups in total. The van der Waals surface area contributed by atoms with Crippen LogP contribution in [0.4, 0.5) is 5.95 Å². The van der Waals surface area contributed by atoms with Gasteiger partial charge in [0.1, 0.15) is 11.6 Å². The van der Waals surface area contributed by atoms with E-state index in [1.165, 1.54) is 44.8 Å². The quantitative estimate of drug-likeness (QED) is 0.149. The van der Waals surface area contributed by atoms with Crippen molar-refractivity contribution in [2.24, 2.45) is 17.8 Å². The molecule has 0 saturated carbocycles. The smallest absolute Gasteiger partial charge is 0.266 e. The first kappa shape index (κ1) is 25.4. The fraction of sp³-hybridized carbons (Fsp3) is 0.609. The predicted molar refractivity (Wildman–Crippen MR) is 132 cm³/mol. The van der Waals surface area contributed by atoms with E-state index in [0.717, 1.165) is 24.5 Å². The highest BCUT2D eigenvalue weighted by molar-refractivity contribution is 5.84. The SMILES string of the molecule is CC(C(N)=NCCc1nnc(NCCCOc2cccc(CN3CCCCC3)c2)n1C)[N+](=O)[O-]. The molecule has 1 unspecified atom stereocenters. The monoisotopic (exact) mass is 472 g/mol.